The molecule has 2 N–H and O–H groups in total. The highest BCUT2D eigenvalue weighted by molar-refractivity contribution is 5.80. The van der Waals surface area contributed by atoms with Gasteiger partial charge < -0.3 is 20.3 Å². The third-order valence-corrected chi connectivity index (χ3v) is 5.08. The standard InChI is InChI=1S/C22H29N7O/c1-3-23-22(29-12-13-30-20(16-29)18-14-26-28(2)15-18)25-11-10-24-21-9-8-17-6-4-5-7-19(17)27-21/h4-9,14-15,20H,3,10-13,16H2,1-2H3,(H,23,25)(H,24,27). The number of ether oxygens (including phenoxy) is 1. The number of aromatic nitrogens is 3. The van der Waals surface area contributed by atoms with Crippen LogP contribution in [0.5, 0.6) is 0 Å². The summed E-state index contributed by atoms with van der Waals surface area (Å²) in [6.45, 7) is 6.55. The molecule has 1 aromatic carbocycles. The molecule has 1 saturated heterocycles. The van der Waals surface area contributed by atoms with Gasteiger partial charge in [-0.2, -0.15) is 5.10 Å². The smallest absolute Gasteiger partial charge is 0.194 e. The van der Waals surface area contributed by atoms with Crippen molar-refractivity contribution < 1.29 is 4.74 Å². The number of hydrogen-bond acceptors (Lipinski definition) is 5. The molecule has 1 unspecified atom stereocenters. The third kappa shape index (κ3) is 4.88. The molecule has 8 nitrogen and oxygen atoms in total. The van der Waals surface area contributed by atoms with Crippen LogP contribution < -0.4 is 10.6 Å². The number of aryl methyl sites for hydroxylation is 1. The second kappa shape index (κ2) is 9.58. The number of hydrogen-bond donors (Lipinski definition) is 2. The molecule has 2 aromatic heterocycles. The Morgan fingerprint density at radius 1 is 1.27 bits per heavy atom. The van der Waals surface area contributed by atoms with Crippen LogP contribution in [0.25, 0.3) is 10.9 Å². The molecule has 3 aromatic rings. The maximum Gasteiger partial charge on any atom is 0.194 e. The van der Waals surface area contributed by atoms with E-state index in [4.69, 9.17) is 9.73 Å². The lowest BCUT2D eigenvalue weighted by Crippen LogP contribution is -2.48. The van der Waals surface area contributed by atoms with E-state index in [1.165, 1.54) is 0 Å². The largest absolute Gasteiger partial charge is 0.370 e. The van der Waals surface area contributed by atoms with Crippen molar-refractivity contribution in [3.05, 3.63) is 54.4 Å². The van der Waals surface area contributed by atoms with E-state index in [-0.39, 0.29) is 6.10 Å². The van der Waals surface area contributed by atoms with Gasteiger partial charge in [-0.3, -0.25) is 9.67 Å². The van der Waals surface area contributed by atoms with E-state index in [1.807, 2.05) is 48.4 Å². The van der Waals surface area contributed by atoms with Crippen molar-refractivity contribution in [1.29, 1.82) is 0 Å². The van der Waals surface area contributed by atoms with Gasteiger partial charge in [-0.1, -0.05) is 18.2 Å². The highest BCUT2D eigenvalue weighted by Crippen LogP contribution is 2.21. The van der Waals surface area contributed by atoms with Crippen LogP contribution in [0.4, 0.5) is 5.82 Å². The predicted molar refractivity (Wildman–Crippen MR) is 120 cm³/mol. The lowest BCUT2D eigenvalue weighted by Gasteiger charge is -2.34. The van der Waals surface area contributed by atoms with Crippen LogP contribution in [0.1, 0.15) is 18.6 Å². The summed E-state index contributed by atoms with van der Waals surface area (Å²) >= 11 is 0. The van der Waals surface area contributed by atoms with Crippen LogP contribution >= 0.6 is 0 Å². The van der Waals surface area contributed by atoms with E-state index in [1.54, 1.807) is 0 Å². The Labute approximate surface area is 177 Å². The third-order valence-electron chi connectivity index (χ3n) is 5.08. The first-order valence-corrected chi connectivity index (χ1v) is 10.5. The van der Waals surface area contributed by atoms with Crippen LogP contribution in [0, 0.1) is 0 Å². The number of rotatable bonds is 6. The van der Waals surface area contributed by atoms with Gasteiger partial charge in [0.15, 0.2) is 5.96 Å². The van der Waals surface area contributed by atoms with Gasteiger partial charge in [0, 0.05) is 43.8 Å². The molecule has 158 valence electrons. The molecule has 0 aliphatic carbocycles. The summed E-state index contributed by atoms with van der Waals surface area (Å²) in [7, 11) is 1.92. The lowest BCUT2D eigenvalue weighted by atomic mass is 10.1. The number of para-hydroxylation sites is 1. The fourth-order valence-electron chi connectivity index (χ4n) is 3.59. The molecule has 0 radical (unpaired) electrons. The van der Waals surface area contributed by atoms with Crippen molar-refractivity contribution in [3.63, 3.8) is 0 Å². The van der Waals surface area contributed by atoms with E-state index in [0.717, 1.165) is 54.4 Å². The first kappa shape index (κ1) is 20.2. The Balaban J connectivity index is 1.35. The van der Waals surface area contributed by atoms with Crippen molar-refractivity contribution in [2.24, 2.45) is 12.0 Å². The first-order valence-electron chi connectivity index (χ1n) is 10.5. The number of nitrogens with zero attached hydrogens (tertiary/aromatic N) is 5. The zero-order valence-electron chi connectivity index (χ0n) is 17.6. The summed E-state index contributed by atoms with van der Waals surface area (Å²) in [5, 5.41) is 12.2. The second-order valence-electron chi connectivity index (χ2n) is 7.30. The van der Waals surface area contributed by atoms with E-state index in [0.29, 0.717) is 13.2 Å². The average molecular weight is 408 g/mol. The summed E-state index contributed by atoms with van der Waals surface area (Å²) in [6, 6.07) is 12.2. The van der Waals surface area contributed by atoms with Gasteiger partial charge in [0.2, 0.25) is 0 Å². The molecule has 1 fully saturated rings. The van der Waals surface area contributed by atoms with E-state index < -0.39 is 0 Å². The molecule has 1 aliphatic heterocycles. The minimum Gasteiger partial charge on any atom is -0.370 e. The van der Waals surface area contributed by atoms with E-state index >= 15 is 0 Å². The SMILES string of the molecule is CCNC(=NCCNc1ccc2ccccc2n1)N1CCOC(c2cnn(C)c2)C1. The number of aliphatic imine (C=N–C) groups is 1. The first-order chi connectivity index (χ1) is 14.7. The molecule has 0 bridgehead atoms. The zero-order valence-corrected chi connectivity index (χ0v) is 17.6. The molecule has 4 rings (SSSR count). The van der Waals surface area contributed by atoms with Crippen molar-refractivity contribution in [1.82, 2.24) is 25.0 Å². The van der Waals surface area contributed by atoms with Gasteiger partial charge in [0.25, 0.3) is 0 Å². The Hall–Kier alpha value is -3.13. The zero-order chi connectivity index (χ0) is 20.8. The van der Waals surface area contributed by atoms with Crippen LogP contribution in [-0.2, 0) is 11.8 Å². The summed E-state index contributed by atoms with van der Waals surface area (Å²) in [5.41, 5.74) is 2.09. The van der Waals surface area contributed by atoms with Crippen molar-refractivity contribution in [2.45, 2.75) is 13.0 Å². The lowest BCUT2D eigenvalue weighted by molar-refractivity contribution is -0.00803. The van der Waals surface area contributed by atoms with Crippen molar-refractivity contribution in [2.75, 3.05) is 44.6 Å². The number of fused-ring (bicyclic) bond motifs is 1. The number of pyridine rings is 1. The fraction of sp³-hybridized carbons (Fsp3) is 0.409. The molecular weight excluding hydrogens is 378 g/mol. The average Bonchev–Trinajstić information content (AvgIpc) is 3.22. The number of anilines is 1. The maximum atomic E-state index is 5.96. The minimum absolute atomic E-state index is 0.0104. The van der Waals surface area contributed by atoms with E-state index in [9.17, 15) is 0 Å². The number of guanidine groups is 1. The molecule has 3 heterocycles. The molecular formula is C22H29N7O. The number of benzene rings is 1. The Morgan fingerprint density at radius 2 is 2.17 bits per heavy atom. The summed E-state index contributed by atoms with van der Waals surface area (Å²) in [4.78, 5) is 11.7. The normalized spacial score (nSPS) is 17.3. The summed E-state index contributed by atoms with van der Waals surface area (Å²) in [5.74, 6) is 1.79. The Kier molecular flexibility index (Phi) is 6.44. The Bertz CT molecular complexity index is 1000. The van der Waals surface area contributed by atoms with Crippen LogP contribution in [0.2, 0.25) is 0 Å². The van der Waals surface area contributed by atoms with Gasteiger partial charge in [-0.25, -0.2) is 4.98 Å². The highest BCUT2D eigenvalue weighted by atomic mass is 16.5. The van der Waals surface area contributed by atoms with Gasteiger partial charge in [-0.05, 0) is 25.1 Å². The summed E-state index contributed by atoms with van der Waals surface area (Å²) in [6.07, 6.45) is 3.90. The molecule has 0 saturated carbocycles. The van der Waals surface area contributed by atoms with Crippen LogP contribution in [-0.4, -0.2) is 65.0 Å². The number of morpholine rings is 1. The van der Waals surface area contributed by atoms with Gasteiger partial charge in [0.1, 0.15) is 11.9 Å². The van der Waals surface area contributed by atoms with Gasteiger partial charge in [-0.15, -0.1) is 0 Å². The fourth-order valence-corrected chi connectivity index (χ4v) is 3.59. The molecule has 30 heavy (non-hydrogen) atoms. The number of nitrogens with one attached hydrogen (secondary N) is 2. The van der Waals surface area contributed by atoms with Gasteiger partial charge >= 0.3 is 0 Å². The van der Waals surface area contributed by atoms with Crippen LogP contribution in [0.3, 0.4) is 0 Å². The Morgan fingerprint density at radius 3 is 3.00 bits per heavy atom. The molecule has 0 amide bonds. The molecule has 1 atom stereocenters. The topological polar surface area (TPSA) is 79.6 Å². The van der Waals surface area contributed by atoms with Crippen molar-refractivity contribution in [3.8, 4) is 0 Å². The highest BCUT2D eigenvalue weighted by Gasteiger charge is 2.25. The minimum atomic E-state index is 0.0104. The monoisotopic (exact) mass is 407 g/mol. The molecule has 1 aliphatic rings. The summed E-state index contributed by atoms with van der Waals surface area (Å²) < 4.78 is 7.77. The van der Waals surface area contributed by atoms with Gasteiger partial charge in [0.05, 0.1) is 31.4 Å². The molecule has 8 heteroatoms. The molecule has 0 spiro atoms. The van der Waals surface area contributed by atoms with E-state index in [2.05, 4.69) is 44.7 Å². The predicted octanol–water partition coefficient (Wildman–Crippen LogP) is 2.42. The maximum absolute atomic E-state index is 5.96. The quantitative estimate of drug-likeness (QED) is 0.371. The second-order valence-corrected chi connectivity index (χ2v) is 7.30. The van der Waals surface area contributed by atoms with Crippen molar-refractivity contribution >= 4 is 22.7 Å². The van der Waals surface area contributed by atoms with Crippen LogP contribution in [0.15, 0.2) is 53.8 Å².